The van der Waals surface area contributed by atoms with E-state index in [1.165, 1.54) is 32.2 Å². The standard InChI is InChI=1S/C26H21NO6/c1-15-4-6-17(7-5-15)23(28)16(2)33-26(31)18-8-13-21-22(14-18)25(30)27(24(21)29)19-9-11-20(32-3)12-10-19/h4-14,16H,1-3H3/t16-/m0/s1. The van der Waals surface area contributed by atoms with Crippen LogP contribution in [0, 0.1) is 6.92 Å². The van der Waals surface area contributed by atoms with Gasteiger partial charge in [-0.1, -0.05) is 29.8 Å². The molecule has 0 fully saturated rings. The number of Topliss-reactive ketones (excluding diaryl/α,β-unsaturated/α-hetero) is 1. The third-order valence-corrected chi connectivity index (χ3v) is 5.44. The third kappa shape index (κ3) is 4.13. The Morgan fingerprint density at radius 1 is 0.818 bits per heavy atom. The van der Waals surface area contributed by atoms with Gasteiger partial charge in [-0.15, -0.1) is 0 Å². The van der Waals surface area contributed by atoms with Crippen LogP contribution in [0.5, 0.6) is 5.75 Å². The number of rotatable bonds is 6. The second kappa shape index (κ2) is 8.70. The van der Waals surface area contributed by atoms with E-state index >= 15 is 0 Å². The van der Waals surface area contributed by atoms with Crippen molar-refractivity contribution < 1.29 is 28.7 Å². The third-order valence-electron chi connectivity index (χ3n) is 5.44. The average Bonchev–Trinajstić information content (AvgIpc) is 3.08. The van der Waals surface area contributed by atoms with Gasteiger partial charge in [0.05, 0.1) is 29.5 Å². The average molecular weight is 443 g/mol. The number of fused-ring (bicyclic) bond motifs is 1. The van der Waals surface area contributed by atoms with Gasteiger partial charge in [-0.2, -0.15) is 0 Å². The molecule has 0 unspecified atom stereocenters. The molecule has 1 aliphatic rings. The summed E-state index contributed by atoms with van der Waals surface area (Å²) in [6.07, 6.45) is -1.01. The zero-order valence-electron chi connectivity index (χ0n) is 18.3. The normalized spacial score (nSPS) is 13.5. The van der Waals surface area contributed by atoms with E-state index in [1.54, 1.807) is 48.5 Å². The number of methoxy groups -OCH3 is 1. The Balaban J connectivity index is 1.53. The van der Waals surface area contributed by atoms with Crippen LogP contribution < -0.4 is 9.64 Å². The summed E-state index contributed by atoms with van der Waals surface area (Å²) in [5.74, 6) is -1.52. The fourth-order valence-electron chi connectivity index (χ4n) is 3.57. The summed E-state index contributed by atoms with van der Waals surface area (Å²) in [6, 6.07) is 17.6. The van der Waals surface area contributed by atoms with Gasteiger partial charge in [0.2, 0.25) is 5.78 Å². The lowest BCUT2D eigenvalue weighted by molar-refractivity contribution is 0.0318. The number of benzene rings is 3. The Morgan fingerprint density at radius 2 is 1.42 bits per heavy atom. The molecular weight excluding hydrogens is 422 g/mol. The minimum atomic E-state index is -1.01. The predicted octanol–water partition coefficient (Wildman–Crippen LogP) is 4.23. The first kappa shape index (κ1) is 22.0. The van der Waals surface area contributed by atoms with Crippen molar-refractivity contribution in [2.75, 3.05) is 12.0 Å². The zero-order chi connectivity index (χ0) is 23.7. The molecule has 3 aromatic rings. The SMILES string of the molecule is COc1ccc(N2C(=O)c3ccc(C(=O)O[C@@H](C)C(=O)c4ccc(C)cc4)cc3C2=O)cc1. The first-order chi connectivity index (χ1) is 15.8. The molecule has 0 aromatic heterocycles. The molecule has 1 atom stereocenters. The van der Waals surface area contributed by atoms with Gasteiger partial charge < -0.3 is 9.47 Å². The number of ether oxygens (including phenoxy) is 2. The van der Waals surface area contributed by atoms with Gasteiger partial charge >= 0.3 is 5.97 Å². The smallest absolute Gasteiger partial charge is 0.338 e. The maximum Gasteiger partial charge on any atom is 0.338 e. The van der Waals surface area contributed by atoms with E-state index in [1.807, 2.05) is 6.92 Å². The summed E-state index contributed by atoms with van der Waals surface area (Å²) in [5, 5.41) is 0. The molecule has 0 saturated heterocycles. The van der Waals surface area contributed by atoms with Gasteiger partial charge in [0.1, 0.15) is 5.75 Å². The minimum Gasteiger partial charge on any atom is -0.497 e. The molecule has 0 N–H and O–H groups in total. The molecule has 4 rings (SSSR count). The van der Waals surface area contributed by atoms with Crippen LogP contribution in [0.25, 0.3) is 0 Å². The number of imide groups is 1. The second-order valence-corrected chi connectivity index (χ2v) is 7.68. The largest absolute Gasteiger partial charge is 0.497 e. The topological polar surface area (TPSA) is 90.0 Å². The van der Waals surface area contributed by atoms with Crippen molar-refractivity contribution in [1.29, 1.82) is 0 Å². The summed E-state index contributed by atoms with van der Waals surface area (Å²) in [7, 11) is 1.52. The summed E-state index contributed by atoms with van der Waals surface area (Å²) >= 11 is 0. The van der Waals surface area contributed by atoms with Crippen molar-refractivity contribution in [3.8, 4) is 5.75 Å². The quantitative estimate of drug-likeness (QED) is 0.322. The number of ketones is 1. The van der Waals surface area contributed by atoms with E-state index in [4.69, 9.17) is 9.47 Å². The lowest BCUT2D eigenvalue weighted by Gasteiger charge is -2.14. The van der Waals surface area contributed by atoms with Crippen LogP contribution >= 0.6 is 0 Å². The van der Waals surface area contributed by atoms with E-state index in [9.17, 15) is 19.2 Å². The summed E-state index contributed by atoms with van der Waals surface area (Å²) in [4.78, 5) is 52.0. The summed E-state index contributed by atoms with van der Waals surface area (Å²) in [5.41, 5.74) is 2.21. The number of carbonyl (C=O) groups excluding carboxylic acids is 4. The van der Waals surface area contributed by atoms with Gasteiger partial charge in [0.15, 0.2) is 6.10 Å². The van der Waals surface area contributed by atoms with Crippen molar-refractivity contribution in [1.82, 2.24) is 0 Å². The highest BCUT2D eigenvalue weighted by atomic mass is 16.5. The van der Waals surface area contributed by atoms with Crippen molar-refractivity contribution in [2.45, 2.75) is 20.0 Å². The van der Waals surface area contributed by atoms with Crippen molar-refractivity contribution in [2.24, 2.45) is 0 Å². The monoisotopic (exact) mass is 443 g/mol. The lowest BCUT2D eigenvalue weighted by atomic mass is 10.0. The molecule has 0 saturated carbocycles. The van der Waals surface area contributed by atoms with Crippen molar-refractivity contribution in [3.05, 3.63) is 94.5 Å². The molecule has 3 aromatic carbocycles. The van der Waals surface area contributed by atoms with E-state index < -0.39 is 23.9 Å². The number of carbonyl (C=O) groups is 4. The summed E-state index contributed by atoms with van der Waals surface area (Å²) in [6.45, 7) is 3.40. The Labute approximate surface area is 190 Å². The second-order valence-electron chi connectivity index (χ2n) is 7.68. The van der Waals surface area contributed by atoms with Crippen LogP contribution in [0.3, 0.4) is 0 Å². The van der Waals surface area contributed by atoms with Crippen molar-refractivity contribution in [3.63, 3.8) is 0 Å². The summed E-state index contributed by atoms with van der Waals surface area (Å²) < 4.78 is 10.4. The Kier molecular flexibility index (Phi) is 5.79. The van der Waals surface area contributed by atoms with E-state index in [0.29, 0.717) is 17.0 Å². The van der Waals surface area contributed by atoms with Crippen LogP contribution in [-0.4, -0.2) is 36.8 Å². The fourth-order valence-corrected chi connectivity index (χ4v) is 3.57. The number of amides is 2. The Hall–Kier alpha value is -4.26. The molecule has 0 bridgehead atoms. The van der Waals surface area contributed by atoms with Crippen LogP contribution in [0.2, 0.25) is 0 Å². The highest BCUT2D eigenvalue weighted by molar-refractivity contribution is 6.34. The lowest BCUT2D eigenvalue weighted by Crippen LogP contribution is -2.29. The molecule has 0 radical (unpaired) electrons. The molecular formula is C26H21NO6. The number of aryl methyl sites for hydroxylation is 1. The zero-order valence-corrected chi connectivity index (χ0v) is 18.3. The molecule has 7 heteroatoms. The van der Waals surface area contributed by atoms with Crippen LogP contribution in [-0.2, 0) is 4.74 Å². The molecule has 2 amide bonds. The Morgan fingerprint density at radius 3 is 2.06 bits per heavy atom. The van der Waals surface area contributed by atoms with Gasteiger partial charge in [-0.3, -0.25) is 14.4 Å². The number of nitrogens with zero attached hydrogens (tertiary/aromatic N) is 1. The molecule has 166 valence electrons. The first-order valence-corrected chi connectivity index (χ1v) is 10.3. The molecule has 1 heterocycles. The van der Waals surface area contributed by atoms with E-state index in [0.717, 1.165) is 10.5 Å². The van der Waals surface area contributed by atoms with Crippen molar-refractivity contribution >= 4 is 29.3 Å². The molecule has 1 aliphatic heterocycles. The van der Waals surface area contributed by atoms with Gasteiger partial charge in [0, 0.05) is 5.56 Å². The predicted molar refractivity (Wildman–Crippen MR) is 121 cm³/mol. The van der Waals surface area contributed by atoms with Gasteiger partial charge in [-0.05, 0) is 56.3 Å². The van der Waals surface area contributed by atoms with E-state index in [2.05, 4.69) is 0 Å². The highest BCUT2D eigenvalue weighted by Gasteiger charge is 2.37. The maximum absolute atomic E-state index is 12.9. The number of hydrogen-bond acceptors (Lipinski definition) is 6. The minimum absolute atomic E-state index is 0.0787. The van der Waals surface area contributed by atoms with Crippen LogP contribution in [0.4, 0.5) is 5.69 Å². The number of hydrogen-bond donors (Lipinski definition) is 0. The Bertz CT molecular complexity index is 1260. The van der Waals surface area contributed by atoms with Gasteiger partial charge in [-0.25, -0.2) is 9.69 Å². The van der Waals surface area contributed by atoms with E-state index in [-0.39, 0.29) is 22.5 Å². The molecule has 0 spiro atoms. The first-order valence-electron chi connectivity index (χ1n) is 10.3. The number of esters is 1. The molecule has 33 heavy (non-hydrogen) atoms. The van der Waals surface area contributed by atoms with Crippen LogP contribution in [0.15, 0.2) is 66.7 Å². The highest BCUT2D eigenvalue weighted by Crippen LogP contribution is 2.30. The molecule has 7 nitrogen and oxygen atoms in total. The fraction of sp³-hybridized carbons (Fsp3) is 0.154. The van der Waals surface area contributed by atoms with Crippen LogP contribution in [0.1, 0.15) is 53.9 Å². The molecule has 0 aliphatic carbocycles. The number of anilines is 1. The van der Waals surface area contributed by atoms with Gasteiger partial charge in [0.25, 0.3) is 11.8 Å². The maximum atomic E-state index is 12.9.